The van der Waals surface area contributed by atoms with Crippen LogP contribution in [-0.2, 0) is 0 Å². The topological polar surface area (TPSA) is 15.7 Å². The monoisotopic (exact) mass is 780 g/mol. The van der Waals surface area contributed by atoms with Crippen LogP contribution in [0.2, 0.25) is 0 Å². The van der Waals surface area contributed by atoms with E-state index < -0.39 is 0 Å². The zero-order valence-corrected chi connectivity index (χ0v) is 33.4. The van der Waals surface area contributed by atoms with Gasteiger partial charge in [-0.25, -0.2) is 0 Å². The highest BCUT2D eigenvalue weighted by Gasteiger charge is 2.28. The Hall–Kier alpha value is -8.14. The molecule has 0 amide bonds. The van der Waals surface area contributed by atoms with E-state index in [1.165, 1.54) is 27.8 Å². The van der Waals surface area contributed by atoms with Gasteiger partial charge in [0, 0.05) is 39.8 Å². The average molecular weight is 781 g/mol. The van der Waals surface area contributed by atoms with Gasteiger partial charge in [-0.05, 0) is 111 Å². The first-order chi connectivity index (χ1) is 30.2. The van der Waals surface area contributed by atoms with Crippen molar-refractivity contribution >= 4 is 44.9 Å². The third-order valence-electron chi connectivity index (χ3n) is 11.6. The summed E-state index contributed by atoms with van der Waals surface area (Å²) in [4.78, 5) is 4.66. The van der Waals surface area contributed by atoms with Crippen LogP contribution in [0.4, 0.5) is 34.1 Å². The maximum atomic E-state index is 7.02. The van der Waals surface area contributed by atoms with Gasteiger partial charge in [0.25, 0.3) is 0 Å². The number of para-hydroxylation sites is 2. The lowest BCUT2D eigenvalue weighted by Gasteiger charge is -2.32. The average Bonchev–Trinajstić information content (AvgIpc) is 3.33. The molecular formula is C58H40N2O. The van der Waals surface area contributed by atoms with Gasteiger partial charge < -0.3 is 14.5 Å². The molecule has 1 heterocycles. The van der Waals surface area contributed by atoms with Gasteiger partial charge in [-0.2, -0.15) is 0 Å². The summed E-state index contributed by atoms with van der Waals surface area (Å²) in [5, 5.41) is 2.21. The normalized spacial score (nSPS) is 11.4. The Morgan fingerprint density at radius 1 is 0.279 bits per heavy atom. The van der Waals surface area contributed by atoms with E-state index >= 15 is 0 Å². The fraction of sp³-hybridized carbons (Fsp3) is 0. The highest BCUT2D eigenvalue weighted by Crippen LogP contribution is 2.54. The van der Waals surface area contributed by atoms with Crippen LogP contribution in [0.15, 0.2) is 243 Å². The maximum absolute atomic E-state index is 7.02. The predicted octanol–water partition coefficient (Wildman–Crippen LogP) is 16.6. The molecule has 0 unspecified atom stereocenters. The first kappa shape index (κ1) is 36.0. The second-order valence-corrected chi connectivity index (χ2v) is 15.3. The fourth-order valence-electron chi connectivity index (χ4n) is 8.72. The summed E-state index contributed by atoms with van der Waals surface area (Å²) < 4.78 is 7.02. The van der Waals surface area contributed by atoms with Crippen LogP contribution in [0.1, 0.15) is 0 Å². The molecule has 288 valence electrons. The molecule has 0 radical (unpaired) electrons. The van der Waals surface area contributed by atoms with Crippen LogP contribution in [0.3, 0.4) is 0 Å². The molecule has 0 fully saturated rings. The van der Waals surface area contributed by atoms with Gasteiger partial charge in [0.2, 0.25) is 0 Å². The van der Waals surface area contributed by atoms with Crippen LogP contribution in [0.25, 0.3) is 55.3 Å². The van der Waals surface area contributed by atoms with Crippen molar-refractivity contribution in [2.45, 2.75) is 0 Å². The van der Waals surface area contributed by atoms with Gasteiger partial charge in [-0.15, -0.1) is 0 Å². The number of nitrogens with zero attached hydrogens (tertiary/aromatic N) is 2. The highest BCUT2D eigenvalue weighted by molar-refractivity contribution is 6.09. The van der Waals surface area contributed by atoms with Crippen molar-refractivity contribution in [2.24, 2.45) is 0 Å². The summed E-state index contributed by atoms with van der Waals surface area (Å²) in [5.74, 6) is 1.66. The summed E-state index contributed by atoms with van der Waals surface area (Å²) in [6.45, 7) is 0. The number of ether oxygens (including phenoxy) is 1. The number of hydrogen-bond donors (Lipinski definition) is 0. The van der Waals surface area contributed by atoms with Crippen molar-refractivity contribution in [3.8, 4) is 56.0 Å². The standard InChI is InChI=1S/C58H40N2O/c1-5-15-41(16-6-1)43-27-29-44(30-28-43)46-33-37-51(38-34-46)59(50-35-31-45(32-36-50)42-17-7-2-8-18-42)52-39-47-19-13-24-53-57(47)56(40-52)61-55-26-14-25-54(58(53)55)60(48-20-9-3-10-21-48)49-22-11-4-12-23-49/h1-40H. The van der Waals surface area contributed by atoms with Crippen LogP contribution in [0, 0.1) is 0 Å². The van der Waals surface area contributed by atoms with Gasteiger partial charge in [0.05, 0.1) is 11.4 Å². The Bertz CT molecular complexity index is 3070. The number of hydrogen-bond acceptors (Lipinski definition) is 3. The summed E-state index contributed by atoms with van der Waals surface area (Å²) in [7, 11) is 0. The Kier molecular flexibility index (Phi) is 9.18. The molecule has 0 aromatic heterocycles. The summed E-state index contributed by atoms with van der Waals surface area (Å²) in [6.07, 6.45) is 0. The zero-order chi connectivity index (χ0) is 40.5. The molecule has 1 aliphatic heterocycles. The van der Waals surface area contributed by atoms with Gasteiger partial charge in [-0.3, -0.25) is 0 Å². The van der Waals surface area contributed by atoms with Crippen molar-refractivity contribution in [3.05, 3.63) is 243 Å². The van der Waals surface area contributed by atoms with Gasteiger partial charge >= 0.3 is 0 Å². The van der Waals surface area contributed by atoms with Crippen molar-refractivity contribution in [2.75, 3.05) is 9.80 Å². The molecule has 3 nitrogen and oxygen atoms in total. The second kappa shape index (κ2) is 15.6. The minimum Gasteiger partial charge on any atom is -0.456 e. The molecule has 10 aromatic carbocycles. The van der Waals surface area contributed by atoms with E-state index in [1.54, 1.807) is 0 Å². The van der Waals surface area contributed by atoms with Gasteiger partial charge in [0.15, 0.2) is 0 Å². The van der Waals surface area contributed by atoms with Crippen LogP contribution in [0.5, 0.6) is 11.5 Å². The Balaban J connectivity index is 1.02. The number of anilines is 6. The van der Waals surface area contributed by atoms with E-state index in [0.717, 1.165) is 73.1 Å². The van der Waals surface area contributed by atoms with Crippen LogP contribution < -0.4 is 14.5 Å². The van der Waals surface area contributed by atoms with Crippen molar-refractivity contribution in [3.63, 3.8) is 0 Å². The molecule has 0 bridgehead atoms. The van der Waals surface area contributed by atoms with Crippen molar-refractivity contribution < 1.29 is 4.74 Å². The molecular weight excluding hydrogens is 741 g/mol. The lowest BCUT2D eigenvalue weighted by Crippen LogP contribution is -2.13. The van der Waals surface area contributed by atoms with Crippen molar-refractivity contribution in [1.29, 1.82) is 0 Å². The third kappa shape index (κ3) is 6.78. The minimum absolute atomic E-state index is 0.827. The largest absolute Gasteiger partial charge is 0.456 e. The predicted molar refractivity (Wildman–Crippen MR) is 255 cm³/mol. The molecule has 11 rings (SSSR count). The lowest BCUT2D eigenvalue weighted by atomic mass is 9.92. The van der Waals surface area contributed by atoms with Crippen LogP contribution in [-0.4, -0.2) is 0 Å². The first-order valence-electron chi connectivity index (χ1n) is 20.7. The third-order valence-corrected chi connectivity index (χ3v) is 11.6. The molecule has 0 saturated heterocycles. The summed E-state index contributed by atoms with van der Waals surface area (Å²) in [5.41, 5.74) is 15.7. The first-order valence-corrected chi connectivity index (χ1v) is 20.7. The molecule has 3 heteroatoms. The fourth-order valence-corrected chi connectivity index (χ4v) is 8.72. The number of rotatable bonds is 9. The summed E-state index contributed by atoms with van der Waals surface area (Å²) in [6, 6.07) is 86.3. The van der Waals surface area contributed by atoms with Gasteiger partial charge in [-0.1, -0.05) is 170 Å². The molecule has 10 aromatic rings. The molecule has 1 aliphatic rings. The second-order valence-electron chi connectivity index (χ2n) is 15.3. The molecule has 0 spiro atoms. The van der Waals surface area contributed by atoms with E-state index in [-0.39, 0.29) is 0 Å². The smallest absolute Gasteiger partial charge is 0.138 e. The molecule has 0 atom stereocenters. The minimum atomic E-state index is 0.827. The van der Waals surface area contributed by atoms with Crippen LogP contribution >= 0.6 is 0 Å². The Labute approximate surface area is 356 Å². The summed E-state index contributed by atoms with van der Waals surface area (Å²) >= 11 is 0. The van der Waals surface area contributed by atoms with E-state index in [2.05, 4.69) is 252 Å². The number of fused-ring (bicyclic) bond motifs is 2. The lowest BCUT2D eigenvalue weighted by molar-refractivity contribution is 0.487. The molecule has 61 heavy (non-hydrogen) atoms. The Morgan fingerprint density at radius 2 is 0.705 bits per heavy atom. The zero-order valence-electron chi connectivity index (χ0n) is 33.4. The Morgan fingerprint density at radius 3 is 1.21 bits per heavy atom. The molecule has 0 N–H and O–H groups in total. The van der Waals surface area contributed by atoms with E-state index in [9.17, 15) is 0 Å². The molecule has 0 saturated carbocycles. The van der Waals surface area contributed by atoms with Crippen molar-refractivity contribution in [1.82, 2.24) is 0 Å². The van der Waals surface area contributed by atoms with E-state index in [4.69, 9.17) is 4.74 Å². The maximum Gasteiger partial charge on any atom is 0.138 e. The highest BCUT2D eigenvalue weighted by atomic mass is 16.5. The number of benzene rings is 10. The van der Waals surface area contributed by atoms with E-state index in [0.29, 0.717) is 0 Å². The quantitative estimate of drug-likeness (QED) is 0.145. The molecule has 0 aliphatic carbocycles. The van der Waals surface area contributed by atoms with Gasteiger partial charge in [0.1, 0.15) is 11.5 Å². The van der Waals surface area contributed by atoms with E-state index in [1.807, 2.05) is 0 Å². The SMILES string of the molecule is c1ccc(-c2ccc(-c3ccc(N(c4ccc(-c5ccccc5)cc4)c4cc5c6c(cccc6c4)-c4c(cccc4N(c4ccccc4)c4ccccc4)O5)cc3)cc2)cc1.